The molecule has 0 saturated heterocycles. The van der Waals surface area contributed by atoms with Crippen LogP contribution >= 0.6 is 0 Å². The number of benzene rings is 3. The first-order valence-electron chi connectivity index (χ1n) is 13.6. The summed E-state index contributed by atoms with van der Waals surface area (Å²) in [5.41, 5.74) is 3.21. The molecule has 0 N–H and O–H groups in total. The second-order valence-electron chi connectivity index (χ2n) is 11.5. The van der Waals surface area contributed by atoms with Gasteiger partial charge in [0.15, 0.2) is 0 Å². The van der Waals surface area contributed by atoms with Crippen LogP contribution in [-0.2, 0) is 35.1 Å². The van der Waals surface area contributed by atoms with Crippen molar-refractivity contribution in [3.8, 4) is 0 Å². The number of rotatable bonds is 0. The molecule has 0 spiro atoms. The first-order chi connectivity index (χ1) is 18.2. The third kappa shape index (κ3) is 12.4. The van der Waals surface area contributed by atoms with Crippen LogP contribution in [0.15, 0.2) is 103 Å². The first kappa shape index (κ1) is 37.6. The summed E-state index contributed by atoms with van der Waals surface area (Å²) >= 11 is 1.30. The Morgan fingerprint density at radius 3 is 1.30 bits per heavy atom. The van der Waals surface area contributed by atoms with Crippen LogP contribution in [0.1, 0.15) is 71.9 Å². The molecule has 0 heterocycles. The molecule has 1 heteroatoms. The van der Waals surface area contributed by atoms with E-state index >= 15 is 0 Å². The monoisotopic (exact) mass is 608 g/mol. The molecule has 0 aliphatic heterocycles. The second-order valence-corrected chi connectivity index (χ2v) is 11.5. The molecule has 0 unspecified atom stereocenters. The summed E-state index contributed by atoms with van der Waals surface area (Å²) in [7, 11) is 0. The average molecular weight is 610 g/mol. The summed E-state index contributed by atoms with van der Waals surface area (Å²) in [6, 6.07) is 38.7. The molecular formula is C39H50Zr-6. The Labute approximate surface area is 261 Å². The van der Waals surface area contributed by atoms with E-state index in [9.17, 15) is 0 Å². The fraction of sp³-hybridized carbons (Fsp3) is 0.282. The van der Waals surface area contributed by atoms with E-state index in [1.807, 2.05) is 60.7 Å². The Kier molecular flexibility index (Phi) is 17.8. The van der Waals surface area contributed by atoms with Crippen LogP contribution in [0, 0.1) is 27.3 Å². The maximum atomic E-state index is 3.34. The van der Waals surface area contributed by atoms with Crippen LogP contribution in [0.4, 0.5) is 0 Å². The molecule has 0 amide bonds. The van der Waals surface area contributed by atoms with Gasteiger partial charge in [-0.15, -0.1) is 46.2 Å². The smallest absolute Gasteiger partial charge is 0.171 e. The van der Waals surface area contributed by atoms with Crippen molar-refractivity contribution in [3.05, 3.63) is 142 Å². The van der Waals surface area contributed by atoms with Gasteiger partial charge in [-0.25, -0.2) is 12.1 Å². The zero-order valence-corrected chi connectivity index (χ0v) is 28.7. The average Bonchev–Trinajstić information content (AvgIpc) is 3.56. The summed E-state index contributed by atoms with van der Waals surface area (Å²) < 4.78 is 3.34. The minimum atomic E-state index is 0. The topological polar surface area (TPSA) is 0 Å². The van der Waals surface area contributed by atoms with Crippen LogP contribution in [-0.4, -0.2) is 4.21 Å². The zero-order valence-electron chi connectivity index (χ0n) is 26.2. The molecule has 1 aliphatic carbocycles. The molecule has 6 rings (SSSR count). The van der Waals surface area contributed by atoms with Crippen molar-refractivity contribution in [2.24, 2.45) is 0 Å². The van der Waals surface area contributed by atoms with Gasteiger partial charge in [-0.05, 0) is 10.8 Å². The molecule has 216 valence electrons. The minimum absolute atomic E-state index is 0. The SMILES string of the molecule is CC(C)(C)c1ccc2c(c1)[cH-]c1cc(C(C)(C)C)ccc12.[CH-]1CCC1.[CH2]=[Zr].[CH3-].[CH3-].[c-]1ccccc1.c1cc[cH-]c1. The molecule has 5 aromatic carbocycles. The summed E-state index contributed by atoms with van der Waals surface area (Å²) in [6.07, 6.45) is 6.50. The van der Waals surface area contributed by atoms with Crippen molar-refractivity contribution >= 4 is 25.8 Å². The van der Waals surface area contributed by atoms with Crippen LogP contribution < -0.4 is 0 Å². The standard InChI is InChI=1S/C21H25.C6H5.C5H5.C4H7.2CH3.CH2.Zr/c1-20(2,3)16-7-9-18-14(12-16)11-15-13-17(21(4,5)6)8-10-19(15)18;1-2-4-6-5-3-1;1-2-4-5-3-1;1-2-4-3-1;;;;/h7-13H,1-6H3;1-5H;1-5H;1H,2-4H2;2*1H3;1H2;/q6*-1;;. The third-order valence-corrected chi connectivity index (χ3v) is 6.42. The van der Waals surface area contributed by atoms with Gasteiger partial charge in [0, 0.05) is 0 Å². The fourth-order valence-corrected chi connectivity index (χ4v) is 3.82. The molecule has 0 aromatic heterocycles. The summed E-state index contributed by atoms with van der Waals surface area (Å²) in [5.74, 6) is 0. The molecule has 0 bridgehead atoms. The summed E-state index contributed by atoms with van der Waals surface area (Å²) in [5, 5.41) is 5.48. The minimum Gasteiger partial charge on any atom is -0.358 e. The normalized spacial score (nSPS) is 11.6. The Hall–Kier alpha value is -2.37. The van der Waals surface area contributed by atoms with Crippen molar-refractivity contribution in [1.29, 1.82) is 0 Å². The molecule has 0 atom stereocenters. The second kappa shape index (κ2) is 18.9. The Morgan fingerprint density at radius 1 is 0.675 bits per heavy atom. The Bertz CT molecular complexity index is 1170. The van der Waals surface area contributed by atoms with Gasteiger partial charge >= 0.3 is 28.4 Å². The molecule has 0 radical (unpaired) electrons. The Morgan fingerprint density at radius 2 is 1.07 bits per heavy atom. The van der Waals surface area contributed by atoms with E-state index in [1.165, 1.54) is 76.2 Å². The molecular weight excluding hydrogens is 560 g/mol. The molecule has 1 saturated carbocycles. The van der Waals surface area contributed by atoms with Crippen molar-refractivity contribution < 1.29 is 24.2 Å². The van der Waals surface area contributed by atoms with E-state index in [0.29, 0.717) is 0 Å². The molecule has 5 aromatic rings. The van der Waals surface area contributed by atoms with Crippen molar-refractivity contribution in [1.82, 2.24) is 0 Å². The fourth-order valence-electron chi connectivity index (χ4n) is 3.82. The molecule has 1 aliphatic rings. The third-order valence-electron chi connectivity index (χ3n) is 6.42. The van der Waals surface area contributed by atoms with Gasteiger partial charge in [0.05, 0.1) is 0 Å². The predicted octanol–water partition coefficient (Wildman–Crippen LogP) is 11.4. The van der Waals surface area contributed by atoms with Gasteiger partial charge in [-0.2, -0.15) is 67.4 Å². The van der Waals surface area contributed by atoms with E-state index in [1.54, 1.807) is 0 Å². The van der Waals surface area contributed by atoms with Crippen molar-refractivity contribution in [3.63, 3.8) is 0 Å². The van der Waals surface area contributed by atoms with E-state index in [-0.39, 0.29) is 25.7 Å². The van der Waals surface area contributed by atoms with Crippen molar-refractivity contribution in [2.75, 3.05) is 0 Å². The van der Waals surface area contributed by atoms with E-state index < -0.39 is 0 Å². The van der Waals surface area contributed by atoms with Crippen LogP contribution in [0.5, 0.6) is 0 Å². The number of hydrogen-bond acceptors (Lipinski definition) is 0. The van der Waals surface area contributed by atoms with Gasteiger partial charge < -0.3 is 21.3 Å². The largest absolute Gasteiger partial charge is 0.358 e. The zero-order chi connectivity index (χ0) is 28.0. The van der Waals surface area contributed by atoms with E-state index in [2.05, 4.69) is 101 Å². The van der Waals surface area contributed by atoms with Gasteiger partial charge in [-0.1, -0.05) is 76.9 Å². The molecule has 0 nitrogen and oxygen atoms in total. The van der Waals surface area contributed by atoms with Gasteiger partial charge in [0.25, 0.3) is 0 Å². The van der Waals surface area contributed by atoms with Crippen LogP contribution in [0.25, 0.3) is 21.5 Å². The van der Waals surface area contributed by atoms with Crippen LogP contribution in [0.2, 0.25) is 0 Å². The van der Waals surface area contributed by atoms with E-state index in [4.69, 9.17) is 0 Å². The van der Waals surface area contributed by atoms with Gasteiger partial charge in [0.2, 0.25) is 0 Å². The van der Waals surface area contributed by atoms with Crippen molar-refractivity contribution in [2.45, 2.75) is 71.6 Å². The maximum Gasteiger partial charge on any atom is -0.171 e. The first-order valence-corrected chi connectivity index (χ1v) is 15.3. The van der Waals surface area contributed by atoms with Gasteiger partial charge in [0.1, 0.15) is 0 Å². The van der Waals surface area contributed by atoms with Gasteiger partial charge in [-0.3, -0.25) is 0 Å². The summed E-state index contributed by atoms with van der Waals surface area (Å²) in [6.45, 7) is 13.6. The molecule has 40 heavy (non-hydrogen) atoms. The van der Waals surface area contributed by atoms with E-state index in [0.717, 1.165) is 0 Å². The molecule has 1 fully saturated rings. The number of hydrogen-bond donors (Lipinski definition) is 0. The number of fused-ring (bicyclic) bond motifs is 3. The predicted molar refractivity (Wildman–Crippen MR) is 180 cm³/mol. The van der Waals surface area contributed by atoms with Crippen LogP contribution in [0.3, 0.4) is 0 Å². The quantitative estimate of drug-likeness (QED) is 0.153. The summed E-state index contributed by atoms with van der Waals surface area (Å²) in [4.78, 5) is 0. The maximum absolute atomic E-state index is 3.34. The Balaban J connectivity index is 0.000000650.